The Morgan fingerprint density at radius 1 is 1.03 bits per heavy atom. The van der Waals surface area contributed by atoms with E-state index in [0.29, 0.717) is 18.5 Å². The van der Waals surface area contributed by atoms with E-state index in [2.05, 4.69) is 13.8 Å². The van der Waals surface area contributed by atoms with Crippen molar-refractivity contribution in [3.8, 4) is 0 Å². The van der Waals surface area contributed by atoms with E-state index in [1.54, 1.807) is 36.4 Å². The molecule has 2 aromatic carbocycles. The van der Waals surface area contributed by atoms with Gasteiger partial charge in [0.2, 0.25) is 10.0 Å². The van der Waals surface area contributed by atoms with Gasteiger partial charge >= 0.3 is 6.18 Å². The van der Waals surface area contributed by atoms with Crippen LogP contribution < -0.4 is 0 Å². The normalized spacial score (nSPS) is 20.6. The van der Waals surface area contributed by atoms with Crippen molar-refractivity contribution >= 4 is 16.1 Å². The standard InChI is InChI=1S/C24H28F3NO2S/c1-18-5-13-22(14-6-18)31(29,30)28-16-4-15-23(2,3)17-21(28)12-9-19-7-10-20(11-8-19)24(25,26)27/h5-14,21H,4,15-17H2,1-3H3. The third-order valence-corrected chi connectivity index (χ3v) is 7.68. The maximum Gasteiger partial charge on any atom is 0.416 e. The van der Waals surface area contributed by atoms with Crippen LogP contribution in [0.5, 0.6) is 0 Å². The van der Waals surface area contributed by atoms with E-state index >= 15 is 0 Å². The second-order valence-corrected chi connectivity index (χ2v) is 10.8. The predicted molar refractivity (Wildman–Crippen MR) is 117 cm³/mol. The molecule has 31 heavy (non-hydrogen) atoms. The smallest absolute Gasteiger partial charge is 0.207 e. The van der Waals surface area contributed by atoms with Gasteiger partial charge in [-0.3, -0.25) is 0 Å². The molecule has 0 aromatic heterocycles. The van der Waals surface area contributed by atoms with Crippen LogP contribution in [0.2, 0.25) is 0 Å². The lowest BCUT2D eigenvalue weighted by Gasteiger charge is -2.30. The zero-order chi connectivity index (χ0) is 22.9. The summed E-state index contributed by atoms with van der Waals surface area (Å²) < 4.78 is 66.8. The lowest BCUT2D eigenvalue weighted by Crippen LogP contribution is -2.39. The lowest BCUT2D eigenvalue weighted by atomic mass is 9.83. The number of benzene rings is 2. The molecule has 1 aliphatic heterocycles. The molecule has 0 radical (unpaired) electrons. The highest BCUT2D eigenvalue weighted by Gasteiger charge is 2.36. The third-order valence-electron chi connectivity index (χ3n) is 5.74. The van der Waals surface area contributed by atoms with E-state index < -0.39 is 21.8 Å². The lowest BCUT2D eigenvalue weighted by molar-refractivity contribution is -0.137. The number of hydrogen-bond donors (Lipinski definition) is 0. The summed E-state index contributed by atoms with van der Waals surface area (Å²) in [6.45, 7) is 6.55. The third kappa shape index (κ3) is 5.77. The van der Waals surface area contributed by atoms with Crippen LogP contribution in [0, 0.1) is 12.3 Å². The number of nitrogens with zero attached hydrogens (tertiary/aromatic N) is 1. The molecule has 0 bridgehead atoms. The van der Waals surface area contributed by atoms with E-state index in [0.717, 1.165) is 30.5 Å². The van der Waals surface area contributed by atoms with E-state index in [-0.39, 0.29) is 16.4 Å². The van der Waals surface area contributed by atoms with Gasteiger partial charge in [-0.15, -0.1) is 0 Å². The minimum atomic E-state index is -4.38. The van der Waals surface area contributed by atoms with Crippen LogP contribution >= 0.6 is 0 Å². The zero-order valence-corrected chi connectivity index (χ0v) is 18.8. The zero-order valence-electron chi connectivity index (χ0n) is 18.0. The van der Waals surface area contributed by atoms with E-state index in [1.165, 1.54) is 16.4 Å². The molecule has 1 saturated heterocycles. The average Bonchev–Trinajstić information content (AvgIpc) is 2.84. The van der Waals surface area contributed by atoms with Crippen LogP contribution in [0.3, 0.4) is 0 Å². The maximum atomic E-state index is 13.4. The Morgan fingerprint density at radius 2 is 1.65 bits per heavy atom. The molecule has 1 fully saturated rings. The monoisotopic (exact) mass is 451 g/mol. The summed E-state index contributed by atoms with van der Waals surface area (Å²) in [4.78, 5) is 0.255. The molecule has 1 unspecified atom stereocenters. The van der Waals surface area contributed by atoms with Crippen molar-refractivity contribution in [2.45, 2.75) is 57.1 Å². The Hall–Kier alpha value is -2.12. The number of alkyl halides is 3. The molecule has 3 rings (SSSR count). The van der Waals surface area contributed by atoms with E-state index in [4.69, 9.17) is 0 Å². The van der Waals surface area contributed by atoms with Crippen molar-refractivity contribution in [1.29, 1.82) is 0 Å². The Morgan fingerprint density at radius 3 is 2.23 bits per heavy atom. The van der Waals surface area contributed by atoms with Gasteiger partial charge in [0.05, 0.1) is 10.5 Å². The van der Waals surface area contributed by atoms with Crippen molar-refractivity contribution < 1.29 is 21.6 Å². The molecular weight excluding hydrogens is 423 g/mol. The molecule has 3 nitrogen and oxygen atoms in total. The molecule has 1 heterocycles. The molecule has 2 aromatic rings. The first-order valence-corrected chi connectivity index (χ1v) is 11.8. The first kappa shape index (κ1) is 23.5. The molecule has 0 amide bonds. The second-order valence-electron chi connectivity index (χ2n) is 8.95. The highest BCUT2D eigenvalue weighted by atomic mass is 32.2. The Bertz CT molecular complexity index is 1020. The molecule has 7 heteroatoms. The highest BCUT2D eigenvalue weighted by Crippen LogP contribution is 2.36. The molecule has 0 spiro atoms. The first-order chi connectivity index (χ1) is 14.4. The van der Waals surface area contributed by atoms with Crippen molar-refractivity contribution in [3.63, 3.8) is 0 Å². The van der Waals surface area contributed by atoms with Crippen LogP contribution in [0.15, 0.2) is 59.5 Å². The quantitative estimate of drug-likeness (QED) is 0.547. The summed E-state index contributed by atoms with van der Waals surface area (Å²) in [5.74, 6) is 0. The topological polar surface area (TPSA) is 37.4 Å². The predicted octanol–water partition coefficient (Wildman–Crippen LogP) is 6.30. The van der Waals surface area contributed by atoms with Crippen LogP contribution in [-0.2, 0) is 16.2 Å². The number of sulfonamides is 1. The number of rotatable bonds is 4. The van der Waals surface area contributed by atoms with Gasteiger partial charge in [0, 0.05) is 12.6 Å². The molecule has 0 N–H and O–H groups in total. The van der Waals surface area contributed by atoms with Crippen LogP contribution in [0.25, 0.3) is 6.08 Å². The number of hydrogen-bond acceptors (Lipinski definition) is 2. The summed E-state index contributed by atoms with van der Waals surface area (Å²) in [7, 11) is -3.70. The van der Waals surface area contributed by atoms with E-state index in [9.17, 15) is 21.6 Å². The largest absolute Gasteiger partial charge is 0.416 e. The summed E-state index contributed by atoms with van der Waals surface area (Å²) in [5.41, 5.74) is 0.827. The van der Waals surface area contributed by atoms with Crippen LogP contribution in [-0.4, -0.2) is 25.3 Å². The second kappa shape index (κ2) is 8.79. The number of halogens is 3. The van der Waals surface area contributed by atoms with E-state index in [1.807, 2.05) is 6.92 Å². The minimum Gasteiger partial charge on any atom is -0.207 e. The summed E-state index contributed by atoms with van der Waals surface area (Å²) in [5, 5.41) is 0. The molecule has 168 valence electrons. The summed E-state index contributed by atoms with van der Waals surface area (Å²) in [6, 6.07) is 11.3. The maximum absolute atomic E-state index is 13.4. The van der Waals surface area contributed by atoms with Gasteiger partial charge in [-0.1, -0.05) is 55.8 Å². The SMILES string of the molecule is Cc1ccc(S(=O)(=O)N2CCCC(C)(C)CC2C=Cc2ccc(C(F)(F)F)cc2)cc1. The van der Waals surface area contributed by atoms with Crippen molar-refractivity contribution in [3.05, 3.63) is 71.3 Å². The van der Waals surface area contributed by atoms with Gasteiger partial charge in [-0.2, -0.15) is 17.5 Å². The minimum absolute atomic E-state index is 0.0489. The van der Waals surface area contributed by atoms with Crippen molar-refractivity contribution in [1.82, 2.24) is 4.31 Å². The molecule has 1 aliphatic rings. The van der Waals surface area contributed by atoms with Gasteiger partial charge < -0.3 is 0 Å². The van der Waals surface area contributed by atoms with Gasteiger partial charge in [-0.25, -0.2) is 8.42 Å². The van der Waals surface area contributed by atoms with Gasteiger partial charge in [0.15, 0.2) is 0 Å². The van der Waals surface area contributed by atoms with Gasteiger partial charge in [-0.05, 0) is 61.4 Å². The summed E-state index contributed by atoms with van der Waals surface area (Å²) >= 11 is 0. The van der Waals surface area contributed by atoms with Crippen molar-refractivity contribution in [2.75, 3.05) is 6.54 Å². The Balaban J connectivity index is 1.92. The van der Waals surface area contributed by atoms with Crippen LogP contribution in [0.1, 0.15) is 49.8 Å². The van der Waals surface area contributed by atoms with Crippen LogP contribution in [0.4, 0.5) is 13.2 Å². The van der Waals surface area contributed by atoms with Crippen molar-refractivity contribution in [2.24, 2.45) is 5.41 Å². The highest BCUT2D eigenvalue weighted by molar-refractivity contribution is 7.89. The summed E-state index contributed by atoms with van der Waals surface area (Å²) in [6.07, 6.45) is 1.42. The Labute approximate surface area is 182 Å². The van der Waals surface area contributed by atoms with Gasteiger partial charge in [0.1, 0.15) is 0 Å². The molecule has 0 saturated carbocycles. The molecular formula is C24H28F3NO2S. The first-order valence-electron chi connectivity index (χ1n) is 10.3. The molecule has 1 atom stereocenters. The fourth-order valence-corrected chi connectivity index (χ4v) is 5.58. The fourth-order valence-electron chi connectivity index (χ4n) is 3.96. The molecule has 0 aliphatic carbocycles. The Kier molecular flexibility index (Phi) is 6.67. The fraction of sp³-hybridized carbons (Fsp3) is 0.417. The number of aryl methyl sites for hydroxylation is 1. The van der Waals surface area contributed by atoms with Gasteiger partial charge in [0.25, 0.3) is 0 Å². The average molecular weight is 452 g/mol.